The van der Waals surface area contributed by atoms with Crippen molar-refractivity contribution in [1.29, 1.82) is 0 Å². The Labute approximate surface area is 110 Å². The number of ether oxygens (including phenoxy) is 1. The lowest BCUT2D eigenvalue weighted by molar-refractivity contribution is -0.141. The Morgan fingerprint density at radius 2 is 1.79 bits per heavy atom. The molecule has 19 heavy (non-hydrogen) atoms. The van der Waals surface area contributed by atoms with Crippen molar-refractivity contribution in [1.82, 2.24) is 4.90 Å². The summed E-state index contributed by atoms with van der Waals surface area (Å²) in [6.45, 7) is 0. The van der Waals surface area contributed by atoms with Crippen LogP contribution >= 0.6 is 0 Å². The molecule has 6 heteroatoms. The molecule has 106 valence electrons. The maximum atomic E-state index is 13.5. The molecule has 0 saturated heterocycles. The van der Waals surface area contributed by atoms with Crippen LogP contribution in [0.3, 0.4) is 0 Å². The molecule has 0 aliphatic heterocycles. The highest BCUT2D eigenvalue weighted by molar-refractivity contribution is 5.69. The molecule has 1 aromatic rings. The normalized spacial score (nSPS) is 12.6. The minimum atomic E-state index is -1.23. The smallest absolute Gasteiger partial charge is 0.307 e. The van der Waals surface area contributed by atoms with E-state index in [1.165, 1.54) is 7.11 Å². The van der Waals surface area contributed by atoms with Crippen LogP contribution in [0.25, 0.3) is 0 Å². The molecule has 0 spiro atoms. The maximum Gasteiger partial charge on any atom is 0.307 e. The van der Waals surface area contributed by atoms with Gasteiger partial charge >= 0.3 is 5.97 Å². The number of rotatable bonds is 5. The molecule has 1 atom stereocenters. The van der Waals surface area contributed by atoms with Crippen molar-refractivity contribution in [3.8, 4) is 0 Å². The van der Waals surface area contributed by atoms with Crippen LogP contribution in [0.1, 0.15) is 12.0 Å². The summed E-state index contributed by atoms with van der Waals surface area (Å²) in [5.74, 6) is -3.60. The molecule has 1 aromatic carbocycles. The predicted molar refractivity (Wildman–Crippen MR) is 64.1 cm³/mol. The van der Waals surface area contributed by atoms with E-state index in [2.05, 4.69) is 4.74 Å². The van der Waals surface area contributed by atoms with Gasteiger partial charge in [-0.2, -0.15) is 0 Å². The van der Waals surface area contributed by atoms with Crippen molar-refractivity contribution in [2.24, 2.45) is 0 Å². The second-order valence-corrected chi connectivity index (χ2v) is 4.46. The van der Waals surface area contributed by atoms with Crippen molar-refractivity contribution in [2.75, 3.05) is 21.2 Å². The van der Waals surface area contributed by atoms with Crippen molar-refractivity contribution in [3.63, 3.8) is 0 Å². The van der Waals surface area contributed by atoms with Gasteiger partial charge in [-0.25, -0.2) is 13.2 Å². The zero-order valence-corrected chi connectivity index (χ0v) is 11.0. The Balaban J connectivity index is 2.90. The van der Waals surface area contributed by atoms with Crippen LogP contribution in [0.2, 0.25) is 0 Å². The van der Waals surface area contributed by atoms with Gasteiger partial charge in [0.05, 0.1) is 13.5 Å². The second kappa shape index (κ2) is 6.56. The zero-order valence-electron chi connectivity index (χ0n) is 11.0. The fraction of sp³-hybridized carbons (Fsp3) is 0.462. The Kier molecular flexibility index (Phi) is 5.35. The first-order valence-corrected chi connectivity index (χ1v) is 5.71. The van der Waals surface area contributed by atoms with Crippen LogP contribution in [0.4, 0.5) is 13.2 Å². The summed E-state index contributed by atoms with van der Waals surface area (Å²) < 4.78 is 44.0. The lowest BCUT2D eigenvalue weighted by Crippen LogP contribution is -2.33. The van der Waals surface area contributed by atoms with Gasteiger partial charge in [-0.3, -0.25) is 4.79 Å². The summed E-state index contributed by atoms with van der Waals surface area (Å²) in [5, 5.41) is 0. The van der Waals surface area contributed by atoms with Crippen LogP contribution in [-0.4, -0.2) is 38.1 Å². The van der Waals surface area contributed by atoms with E-state index in [1.807, 2.05) is 0 Å². The van der Waals surface area contributed by atoms with E-state index < -0.39 is 23.4 Å². The summed E-state index contributed by atoms with van der Waals surface area (Å²) >= 11 is 0. The Morgan fingerprint density at radius 3 is 2.32 bits per heavy atom. The zero-order chi connectivity index (χ0) is 14.6. The molecule has 0 radical (unpaired) electrons. The Hall–Kier alpha value is -1.56. The second-order valence-electron chi connectivity index (χ2n) is 4.46. The first-order chi connectivity index (χ1) is 8.85. The van der Waals surface area contributed by atoms with Gasteiger partial charge in [-0.05, 0) is 32.1 Å². The van der Waals surface area contributed by atoms with Gasteiger partial charge in [0.1, 0.15) is 5.82 Å². The highest BCUT2D eigenvalue weighted by Gasteiger charge is 2.20. The molecule has 0 bridgehead atoms. The van der Waals surface area contributed by atoms with Crippen LogP contribution in [0, 0.1) is 17.5 Å². The van der Waals surface area contributed by atoms with E-state index >= 15 is 0 Å². The molecule has 3 nitrogen and oxygen atoms in total. The summed E-state index contributed by atoms with van der Waals surface area (Å²) in [6, 6.07) is 0.973. The first kappa shape index (κ1) is 15.5. The SMILES string of the molecule is COC(=O)C[C@H](Cc1cc(F)c(F)cc1F)N(C)C. The molecule has 0 amide bonds. The summed E-state index contributed by atoms with van der Waals surface area (Å²) in [5.41, 5.74) is 0.0292. The van der Waals surface area contributed by atoms with Crippen molar-refractivity contribution >= 4 is 5.97 Å². The fourth-order valence-corrected chi connectivity index (χ4v) is 1.69. The summed E-state index contributed by atoms with van der Waals surface area (Å²) in [6.07, 6.45) is 0.132. The molecule has 0 heterocycles. The lowest BCUT2D eigenvalue weighted by atomic mass is 10.0. The van der Waals surface area contributed by atoms with Crippen molar-refractivity contribution < 1.29 is 22.7 Å². The number of halogens is 3. The third kappa shape index (κ3) is 4.24. The first-order valence-electron chi connectivity index (χ1n) is 5.71. The average molecular weight is 275 g/mol. The van der Waals surface area contributed by atoms with Crippen LogP contribution < -0.4 is 0 Å². The number of hydrogen-bond acceptors (Lipinski definition) is 3. The summed E-state index contributed by atoms with van der Waals surface area (Å²) in [7, 11) is 4.68. The van der Waals surface area contributed by atoms with Crippen molar-refractivity contribution in [3.05, 3.63) is 35.1 Å². The number of nitrogens with zero attached hydrogens (tertiary/aromatic N) is 1. The molecule has 1 rings (SSSR count). The fourth-order valence-electron chi connectivity index (χ4n) is 1.69. The standard InChI is InChI=1S/C13H16F3NO2/c1-17(2)9(6-13(18)19-3)4-8-5-11(15)12(16)7-10(8)14/h5,7,9H,4,6H2,1-3H3/t9-/m0/s1. The molecular formula is C13H16F3NO2. The lowest BCUT2D eigenvalue weighted by Gasteiger charge is -2.23. The minimum absolute atomic E-state index is 0.0292. The van der Waals surface area contributed by atoms with E-state index in [4.69, 9.17) is 0 Å². The number of carbonyl (C=O) groups excluding carboxylic acids is 1. The molecule has 0 aliphatic rings. The van der Waals surface area contributed by atoms with Gasteiger partial charge in [0.25, 0.3) is 0 Å². The molecular weight excluding hydrogens is 259 g/mol. The van der Waals surface area contributed by atoms with Gasteiger partial charge in [0, 0.05) is 12.1 Å². The van der Waals surface area contributed by atoms with Crippen LogP contribution in [0.5, 0.6) is 0 Å². The number of carbonyl (C=O) groups is 1. The monoisotopic (exact) mass is 275 g/mol. The van der Waals surface area contributed by atoms with Gasteiger partial charge in [-0.15, -0.1) is 0 Å². The number of hydrogen-bond donors (Lipinski definition) is 0. The van der Waals surface area contributed by atoms with Gasteiger partial charge in [-0.1, -0.05) is 0 Å². The molecule has 0 N–H and O–H groups in total. The molecule has 0 saturated carbocycles. The number of likely N-dealkylation sites (N-methyl/N-ethyl adjacent to an activating group) is 1. The van der Waals surface area contributed by atoms with Gasteiger partial charge in [0.15, 0.2) is 11.6 Å². The Morgan fingerprint density at radius 1 is 1.21 bits per heavy atom. The summed E-state index contributed by atoms with van der Waals surface area (Å²) in [4.78, 5) is 13.0. The van der Waals surface area contributed by atoms with E-state index in [9.17, 15) is 18.0 Å². The number of methoxy groups -OCH3 is 1. The van der Waals surface area contributed by atoms with Crippen LogP contribution in [-0.2, 0) is 16.0 Å². The molecule has 0 aromatic heterocycles. The number of benzene rings is 1. The highest BCUT2D eigenvalue weighted by atomic mass is 19.2. The van der Waals surface area contributed by atoms with Gasteiger partial charge in [0.2, 0.25) is 0 Å². The quantitative estimate of drug-likeness (QED) is 0.609. The van der Waals surface area contributed by atoms with E-state index in [1.54, 1.807) is 19.0 Å². The topological polar surface area (TPSA) is 29.5 Å². The maximum absolute atomic E-state index is 13.5. The molecule has 0 unspecified atom stereocenters. The van der Waals surface area contributed by atoms with Gasteiger partial charge < -0.3 is 9.64 Å². The van der Waals surface area contributed by atoms with E-state index in [0.29, 0.717) is 6.07 Å². The Bertz CT molecular complexity index is 463. The highest BCUT2D eigenvalue weighted by Crippen LogP contribution is 2.18. The molecule has 0 aliphatic carbocycles. The molecule has 0 fully saturated rings. The van der Waals surface area contributed by atoms with Crippen molar-refractivity contribution in [2.45, 2.75) is 18.9 Å². The third-order valence-corrected chi connectivity index (χ3v) is 2.91. The third-order valence-electron chi connectivity index (χ3n) is 2.91. The number of esters is 1. The predicted octanol–water partition coefficient (Wildman–Crippen LogP) is 2.14. The van der Waals surface area contributed by atoms with E-state index in [-0.39, 0.29) is 24.4 Å². The minimum Gasteiger partial charge on any atom is -0.469 e. The van der Waals surface area contributed by atoms with Crippen LogP contribution in [0.15, 0.2) is 12.1 Å². The largest absolute Gasteiger partial charge is 0.469 e. The van der Waals surface area contributed by atoms with E-state index in [0.717, 1.165) is 6.07 Å². The average Bonchev–Trinajstić information content (AvgIpc) is 2.34.